The van der Waals surface area contributed by atoms with Crippen LogP contribution >= 0.6 is 0 Å². The lowest BCUT2D eigenvalue weighted by Gasteiger charge is -2.25. The van der Waals surface area contributed by atoms with Crippen molar-refractivity contribution in [3.05, 3.63) is 54.1 Å². The summed E-state index contributed by atoms with van der Waals surface area (Å²) in [5, 5.41) is 0. The Kier molecular flexibility index (Phi) is 5.71. The van der Waals surface area contributed by atoms with Gasteiger partial charge in [0.2, 0.25) is 17.7 Å². The second kappa shape index (κ2) is 8.70. The number of benzene rings is 2. The first-order chi connectivity index (χ1) is 16.3. The van der Waals surface area contributed by atoms with Crippen LogP contribution in [0.1, 0.15) is 38.2 Å². The fourth-order valence-corrected chi connectivity index (χ4v) is 5.35. The molecule has 2 saturated heterocycles. The second-order valence-electron chi connectivity index (χ2n) is 9.80. The largest absolute Gasteiger partial charge is 0.426 e. The normalized spacial score (nSPS) is 26.7. The molecule has 3 aliphatic rings. The number of amides is 3. The van der Waals surface area contributed by atoms with Gasteiger partial charge in [0, 0.05) is 18.7 Å². The summed E-state index contributed by atoms with van der Waals surface area (Å²) in [5.74, 6) is -1.08. The molecule has 0 N–H and O–H groups in total. The molecule has 3 amide bonds. The van der Waals surface area contributed by atoms with E-state index in [0.29, 0.717) is 17.4 Å². The molecule has 0 unspecified atom stereocenters. The summed E-state index contributed by atoms with van der Waals surface area (Å²) >= 11 is 0. The summed E-state index contributed by atoms with van der Waals surface area (Å²) in [6.07, 6.45) is 2.57. The summed E-state index contributed by atoms with van der Waals surface area (Å²) in [5.41, 5.74) is 2.36. The quantitative estimate of drug-likeness (QED) is 0.393. The Morgan fingerprint density at radius 1 is 0.882 bits per heavy atom. The highest BCUT2D eigenvalue weighted by Crippen LogP contribution is 2.42. The van der Waals surface area contributed by atoms with Gasteiger partial charge in [0.1, 0.15) is 5.75 Å². The molecule has 2 heterocycles. The Bertz CT molecular complexity index is 1140. The number of nitrogens with zero attached hydrogens (tertiary/aromatic N) is 2. The van der Waals surface area contributed by atoms with Gasteiger partial charge < -0.3 is 9.64 Å². The first-order valence-electron chi connectivity index (χ1n) is 11.9. The SMILES string of the molecule is Cc1ccc(N2C[C@H](C(=O)Oc3ccc(N4C(=O)[C@@H]5CC[C@H](C)C[C@H]5C4=O)cc3)CC2=O)cc1. The number of hydrogen-bond acceptors (Lipinski definition) is 5. The lowest BCUT2D eigenvalue weighted by molar-refractivity contribution is -0.139. The zero-order chi connectivity index (χ0) is 24.0. The summed E-state index contributed by atoms with van der Waals surface area (Å²) in [6.45, 7) is 4.37. The van der Waals surface area contributed by atoms with Crippen LogP contribution in [0.5, 0.6) is 5.75 Å². The third kappa shape index (κ3) is 4.00. The van der Waals surface area contributed by atoms with Crippen molar-refractivity contribution >= 4 is 35.1 Å². The topological polar surface area (TPSA) is 84.0 Å². The molecular formula is C27H28N2O5. The third-order valence-corrected chi connectivity index (χ3v) is 7.31. The minimum atomic E-state index is -0.555. The highest BCUT2D eigenvalue weighted by atomic mass is 16.5. The minimum Gasteiger partial charge on any atom is -0.426 e. The van der Waals surface area contributed by atoms with Crippen molar-refractivity contribution in [1.29, 1.82) is 0 Å². The van der Waals surface area contributed by atoms with Gasteiger partial charge in [-0.25, -0.2) is 0 Å². The van der Waals surface area contributed by atoms with Gasteiger partial charge in [-0.1, -0.05) is 24.6 Å². The van der Waals surface area contributed by atoms with Gasteiger partial charge in [-0.15, -0.1) is 0 Å². The van der Waals surface area contributed by atoms with E-state index in [-0.39, 0.29) is 42.5 Å². The molecule has 2 aromatic carbocycles. The van der Waals surface area contributed by atoms with E-state index in [0.717, 1.165) is 30.5 Å². The second-order valence-corrected chi connectivity index (χ2v) is 9.80. The van der Waals surface area contributed by atoms with Crippen molar-refractivity contribution in [3.63, 3.8) is 0 Å². The predicted octanol–water partition coefficient (Wildman–Crippen LogP) is 3.88. The standard InChI is InChI=1S/C27H28N2O5/c1-16-3-6-19(7-4-16)28-15-18(14-24(28)30)27(33)34-21-10-8-20(9-11-21)29-25(31)22-12-5-17(2)13-23(22)26(29)32/h3-4,6-11,17-18,22-23H,5,12-15H2,1-2H3/t17-,18+,22+,23+/m0/s1. The van der Waals surface area contributed by atoms with Gasteiger partial charge in [-0.05, 0) is 68.5 Å². The average Bonchev–Trinajstić information content (AvgIpc) is 3.32. The molecule has 1 aliphatic carbocycles. The number of hydrogen-bond donors (Lipinski definition) is 0. The molecule has 0 radical (unpaired) electrons. The van der Waals surface area contributed by atoms with E-state index in [1.54, 1.807) is 29.2 Å². The van der Waals surface area contributed by atoms with Gasteiger partial charge in [0.25, 0.3) is 0 Å². The maximum absolute atomic E-state index is 12.9. The van der Waals surface area contributed by atoms with E-state index in [1.807, 2.05) is 31.2 Å². The van der Waals surface area contributed by atoms with E-state index < -0.39 is 11.9 Å². The van der Waals surface area contributed by atoms with E-state index >= 15 is 0 Å². The fourth-order valence-electron chi connectivity index (χ4n) is 5.35. The van der Waals surface area contributed by atoms with E-state index in [9.17, 15) is 19.2 Å². The summed E-state index contributed by atoms with van der Waals surface area (Å²) in [6, 6.07) is 14.1. The molecule has 0 bridgehead atoms. The van der Waals surface area contributed by atoms with Crippen molar-refractivity contribution in [1.82, 2.24) is 0 Å². The van der Waals surface area contributed by atoms with Crippen molar-refractivity contribution in [2.45, 2.75) is 39.5 Å². The molecule has 4 atom stereocenters. The maximum atomic E-state index is 12.9. The van der Waals surface area contributed by atoms with Gasteiger partial charge in [-0.3, -0.25) is 24.1 Å². The molecule has 7 heteroatoms. The number of imide groups is 1. The van der Waals surface area contributed by atoms with Crippen LogP contribution in [0.2, 0.25) is 0 Å². The highest BCUT2D eigenvalue weighted by Gasteiger charge is 2.50. The first kappa shape index (κ1) is 22.3. The van der Waals surface area contributed by atoms with Gasteiger partial charge >= 0.3 is 5.97 Å². The van der Waals surface area contributed by atoms with Gasteiger partial charge in [0.15, 0.2) is 0 Å². The van der Waals surface area contributed by atoms with Crippen LogP contribution in [0.15, 0.2) is 48.5 Å². The summed E-state index contributed by atoms with van der Waals surface area (Å²) in [4.78, 5) is 53.9. The summed E-state index contributed by atoms with van der Waals surface area (Å²) < 4.78 is 5.52. The summed E-state index contributed by atoms with van der Waals surface area (Å²) in [7, 11) is 0. The lowest BCUT2D eigenvalue weighted by atomic mass is 9.76. The highest BCUT2D eigenvalue weighted by molar-refractivity contribution is 6.22. The molecule has 0 aromatic heterocycles. The number of aryl methyl sites for hydroxylation is 1. The Labute approximate surface area is 198 Å². The number of rotatable bonds is 4. The van der Waals surface area contributed by atoms with Gasteiger partial charge in [-0.2, -0.15) is 0 Å². The minimum absolute atomic E-state index is 0.1000. The molecular weight excluding hydrogens is 432 g/mol. The Morgan fingerprint density at radius 2 is 1.53 bits per heavy atom. The van der Waals surface area contributed by atoms with Crippen LogP contribution < -0.4 is 14.5 Å². The van der Waals surface area contributed by atoms with Crippen LogP contribution in [0.25, 0.3) is 0 Å². The molecule has 2 aromatic rings. The van der Waals surface area contributed by atoms with Gasteiger partial charge in [0.05, 0.1) is 23.4 Å². The number of anilines is 2. The average molecular weight is 461 g/mol. The molecule has 0 spiro atoms. The first-order valence-corrected chi connectivity index (χ1v) is 11.9. The Balaban J connectivity index is 1.24. The molecule has 2 aliphatic heterocycles. The lowest BCUT2D eigenvalue weighted by Crippen LogP contribution is -2.30. The van der Waals surface area contributed by atoms with Crippen molar-refractivity contribution in [2.24, 2.45) is 23.7 Å². The third-order valence-electron chi connectivity index (χ3n) is 7.31. The van der Waals surface area contributed by atoms with Crippen LogP contribution in [-0.2, 0) is 19.2 Å². The van der Waals surface area contributed by atoms with Crippen molar-refractivity contribution < 1.29 is 23.9 Å². The van der Waals surface area contributed by atoms with Crippen LogP contribution in [-0.4, -0.2) is 30.2 Å². The Hall–Kier alpha value is -3.48. The number of carbonyl (C=O) groups excluding carboxylic acids is 4. The number of esters is 1. The molecule has 7 nitrogen and oxygen atoms in total. The van der Waals surface area contributed by atoms with E-state index in [1.165, 1.54) is 4.90 Å². The molecule has 176 valence electrons. The van der Waals surface area contributed by atoms with Crippen molar-refractivity contribution in [2.75, 3.05) is 16.3 Å². The molecule has 5 rings (SSSR count). The fraction of sp³-hybridized carbons (Fsp3) is 0.407. The zero-order valence-electron chi connectivity index (χ0n) is 19.4. The van der Waals surface area contributed by atoms with Crippen LogP contribution in [0.3, 0.4) is 0 Å². The number of carbonyl (C=O) groups is 4. The number of fused-ring (bicyclic) bond motifs is 1. The Morgan fingerprint density at radius 3 is 2.24 bits per heavy atom. The van der Waals surface area contributed by atoms with Crippen LogP contribution in [0.4, 0.5) is 11.4 Å². The molecule has 34 heavy (non-hydrogen) atoms. The van der Waals surface area contributed by atoms with Crippen LogP contribution in [0, 0.1) is 30.6 Å². The molecule has 1 saturated carbocycles. The predicted molar refractivity (Wildman–Crippen MR) is 126 cm³/mol. The molecule has 3 fully saturated rings. The van der Waals surface area contributed by atoms with E-state index in [4.69, 9.17) is 4.74 Å². The zero-order valence-corrected chi connectivity index (χ0v) is 19.4. The number of ether oxygens (including phenoxy) is 1. The van der Waals surface area contributed by atoms with E-state index in [2.05, 4.69) is 6.92 Å². The maximum Gasteiger partial charge on any atom is 0.316 e. The van der Waals surface area contributed by atoms with Crippen molar-refractivity contribution in [3.8, 4) is 5.75 Å². The smallest absolute Gasteiger partial charge is 0.316 e. The monoisotopic (exact) mass is 460 g/mol.